The summed E-state index contributed by atoms with van der Waals surface area (Å²) in [6.07, 6.45) is 9.43. The molecule has 8 heteroatoms. The van der Waals surface area contributed by atoms with E-state index in [0.29, 0.717) is 42.1 Å². The zero-order valence-electron chi connectivity index (χ0n) is 19.5. The molecular weight excluding hydrogens is 461 g/mol. The summed E-state index contributed by atoms with van der Waals surface area (Å²) >= 11 is 12.0. The third kappa shape index (κ3) is 7.99. The number of nitrogens with zero attached hydrogens (tertiary/aromatic N) is 3. The third-order valence-electron chi connectivity index (χ3n) is 6.49. The summed E-state index contributed by atoms with van der Waals surface area (Å²) in [5.74, 6) is 0.0407. The van der Waals surface area contributed by atoms with Gasteiger partial charge in [-0.1, -0.05) is 35.7 Å². The van der Waals surface area contributed by atoms with E-state index in [-0.39, 0.29) is 11.8 Å². The van der Waals surface area contributed by atoms with Crippen molar-refractivity contribution in [3.8, 4) is 0 Å². The van der Waals surface area contributed by atoms with E-state index in [0.717, 1.165) is 44.6 Å². The number of hydrogen-bond donors (Lipinski definition) is 0. The fourth-order valence-electron chi connectivity index (χ4n) is 4.57. The Kier molecular flexibility index (Phi) is 10.5. The van der Waals surface area contributed by atoms with Gasteiger partial charge in [0.05, 0.1) is 16.7 Å². The predicted octanol–water partition coefficient (Wildman–Crippen LogP) is 4.35. The number of amides is 2. The van der Waals surface area contributed by atoms with Gasteiger partial charge < -0.3 is 14.5 Å². The molecule has 1 aromatic rings. The lowest BCUT2D eigenvalue weighted by Crippen LogP contribution is -2.43. The minimum atomic E-state index is -0.0926. The molecule has 2 aliphatic heterocycles. The number of piperidine rings is 1. The molecule has 182 valence electrons. The lowest BCUT2D eigenvalue weighted by molar-refractivity contribution is -0.130. The average Bonchev–Trinajstić information content (AvgIpc) is 3.00. The van der Waals surface area contributed by atoms with E-state index in [1.54, 1.807) is 30.2 Å². The van der Waals surface area contributed by atoms with Gasteiger partial charge >= 0.3 is 0 Å². The van der Waals surface area contributed by atoms with Gasteiger partial charge in [-0.2, -0.15) is 0 Å². The van der Waals surface area contributed by atoms with E-state index in [4.69, 9.17) is 27.9 Å². The van der Waals surface area contributed by atoms with Crippen molar-refractivity contribution in [2.75, 3.05) is 53.0 Å². The number of halogens is 2. The van der Waals surface area contributed by atoms with Gasteiger partial charge in [-0.15, -0.1) is 0 Å². The highest BCUT2D eigenvalue weighted by Crippen LogP contribution is 2.23. The Labute approximate surface area is 207 Å². The van der Waals surface area contributed by atoms with Crippen LogP contribution in [0.15, 0.2) is 24.3 Å². The molecule has 2 amide bonds. The van der Waals surface area contributed by atoms with Gasteiger partial charge in [0, 0.05) is 51.8 Å². The van der Waals surface area contributed by atoms with Crippen molar-refractivity contribution in [2.45, 2.75) is 44.6 Å². The molecule has 1 atom stereocenters. The first-order chi connectivity index (χ1) is 16.0. The van der Waals surface area contributed by atoms with Gasteiger partial charge in [-0.25, -0.2) is 0 Å². The molecule has 0 spiro atoms. The molecule has 0 aliphatic carbocycles. The fourth-order valence-corrected chi connectivity index (χ4v) is 4.87. The Bertz CT molecular complexity index is 831. The molecule has 0 aromatic heterocycles. The second-order valence-electron chi connectivity index (χ2n) is 8.81. The van der Waals surface area contributed by atoms with E-state index in [9.17, 15) is 9.59 Å². The Hall–Kier alpha value is -1.60. The number of ether oxygens (including phenoxy) is 1. The highest BCUT2D eigenvalue weighted by molar-refractivity contribution is 6.42. The number of likely N-dealkylation sites (tertiary alicyclic amines) is 1. The predicted molar refractivity (Wildman–Crippen MR) is 134 cm³/mol. The lowest BCUT2D eigenvalue weighted by Gasteiger charge is -2.35. The summed E-state index contributed by atoms with van der Waals surface area (Å²) in [5, 5.41) is 0.939. The highest BCUT2D eigenvalue weighted by Gasteiger charge is 2.24. The van der Waals surface area contributed by atoms with Crippen LogP contribution in [0.4, 0.5) is 0 Å². The van der Waals surface area contributed by atoms with E-state index in [1.165, 1.54) is 25.3 Å². The van der Waals surface area contributed by atoms with Crippen molar-refractivity contribution in [3.63, 3.8) is 0 Å². The van der Waals surface area contributed by atoms with Crippen molar-refractivity contribution in [2.24, 2.45) is 0 Å². The maximum absolute atomic E-state index is 12.6. The Morgan fingerprint density at radius 3 is 2.70 bits per heavy atom. The largest absolute Gasteiger partial charge is 0.383 e. The zero-order valence-corrected chi connectivity index (χ0v) is 21.0. The number of methoxy groups -OCH3 is 1. The first kappa shape index (κ1) is 26.0. The molecule has 6 nitrogen and oxygen atoms in total. The van der Waals surface area contributed by atoms with Crippen LogP contribution in [0.3, 0.4) is 0 Å². The van der Waals surface area contributed by atoms with E-state index in [2.05, 4.69) is 4.90 Å². The van der Waals surface area contributed by atoms with Gasteiger partial charge in [0.15, 0.2) is 0 Å². The van der Waals surface area contributed by atoms with Crippen LogP contribution < -0.4 is 0 Å². The first-order valence-corrected chi connectivity index (χ1v) is 12.7. The highest BCUT2D eigenvalue weighted by atomic mass is 35.5. The molecule has 0 bridgehead atoms. The molecule has 2 fully saturated rings. The van der Waals surface area contributed by atoms with Crippen LogP contribution in [0.1, 0.15) is 44.1 Å². The molecular formula is C25H35Cl2N3O3. The van der Waals surface area contributed by atoms with Gasteiger partial charge in [-0.3, -0.25) is 14.5 Å². The molecule has 0 saturated carbocycles. The standard InChI is InChI=1S/C25H35Cl2N3O3/c1-33-19-21-6-2-3-12-28(21)13-4-5-14-29-16-17-30(15-11-25(29)32)24(31)10-8-20-7-9-22(26)23(27)18-20/h7-10,18,21H,2-6,11-17,19H2,1H3. The van der Waals surface area contributed by atoms with Crippen LogP contribution in [-0.2, 0) is 14.3 Å². The molecule has 1 unspecified atom stereocenters. The Morgan fingerprint density at radius 1 is 1.09 bits per heavy atom. The van der Waals surface area contributed by atoms with Crippen molar-refractivity contribution < 1.29 is 14.3 Å². The average molecular weight is 496 g/mol. The van der Waals surface area contributed by atoms with Crippen LogP contribution in [0.2, 0.25) is 10.0 Å². The number of carbonyl (C=O) groups is 2. The van der Waals surface area contributed by atoms with E-state index in [1.807, 2.05) is 11.0 Å². The first-order valence-electron chi connectivity index (χ1n) is 11.9. The van der Waals surface area contributed by atoms with Crippen molar-refractivity contribution >= 4 is 41.1 Å². The number of hydrogen-bond acceptors (Lipinski definition) is 4. The van der Waals surface area contributed by atoms with Crippen molar-refractivity contribution in [1.82, 2.24) is 14.7 Å². The summed E-state index contributed by atoms with van der Waals surface area (Å²) in [5.41, 5.74) is 0.812. The maximum atomic E-state index is 12.6. The van der Waals surface area contributed by atoms with Crippen LogP contribution in [0.5, 0.6) is 0 Å². The molecule has 33 heavy (non-hydrogen) atoms. The monoisotopic (exact) mass is 495 g/mol. The summed E-state index contributed by atoms with van der Waals surface area (Å²) in [6, 6.07) is 5.77. The molecule has 2 saturated heterocycles. The lowest BCUT2D eigenvalue weighted by atomic mass is 10.0. The minimum absolute atomic E-state index is 0.0926. The third-order valence-corrected chi connectivity index (χ3v) is 7.23. The topological polar surface area (TPSA) is 53.1 Å². The molecule has 1 aromatic carbocycles. The molecule has 2 aliphatic rings. The zero-order chi connectivity index (χ0) is 23.6. The van der Waals surface area contributed by atoms with Crippen LogP contribution in [0.25, 0.3) is 6.08 Å². The van der Waals surface area contributed by atoms with Crippen LogP contribution >= 0.6 is 23.2 Å². The summed E-state index contributed by atoms with van der Waals surface area (Å²) < 4.78 is 5.38. The number of benzene rings is 1. The van der Waals surface area contributed by atoms with E-state index >= 15 is 0 Å². The normalized spacial score (nSPS) is 20.5. The van der Waals surface area contributed by atoms with Crippen molar-refractivity contribution in [1.29, 1.82) is 0 Å². The van der Waals surface area contributed by atoms with Crippen LogP contribution in [-0.4, -0.2) is 85.5 Å². The number of rotatable bonds is 9. The summed E-state index contributed by atoms with van der Waals surface area (Å²) in [6.45, 7) is 5.34. The minimum Gasteiger partial charge on any atom is -0.383 e. The van der Waals surface area contributed by atoms with Gasteiger partial charge in [0.2, 0.25) is 11.8 Å². The van der Waals surface area contributed by atoms with Gasteiger partial charge in [0.25, 0.3) is 0 Å². The molecule has 0 N–H and O–H groups in total. The molecule has 2 heterocycles. The number of unbranched alkanes of at least 4 members (excludes halogenated alkanes) is 1. The van der Waals surface area contributed by atoms with Gasteiger partial charge in [0.1, 0.15) is 0 Å². The van der Waals surface area contributed by atoms with Crippen LogP contribution in [0, 0.1) is 0 Å². The smallest absolute Gasteiger partial charge is 0.246 e. The second kappa shape index (κ2) is 13.3. The maximum Gasteiger partial charge on any atom is 0.246 e. The quantitative estimate of drug-likeness (QED) is 0.377. The SMILES string of the molecule is COCC1CCCCN1CCCCN1CCN(C(=O)C=Cc2ccc(Cl)c(Cl)c2)CCC1=O. The summed E-state index contributed by atoms with van der Waals surface area (Å²) in [7, 11) is 1.77. The van der Waals surface area contributed by atoms with Crippen molar-refractivity contribution in [3.05, 3.63) is 39.9 Å². The second-order valence-corrected chi connectivity index (χ2v) is 9.63. The number of carbonyl (C=O) groups excluding carboxylic acids is 2. The molecule has 0 radical (unpaired) electrons. The molecule has 3 rings (SSSR count). The Morgan fingerprint density at radius 2 is 1.91 bits per heavy atom. The Balaban J connectivity index is 1.42. The summed E-state index contributed by atoms with van der Waals surface area (Å²) in [4.78, 5) is 31.4. The fraction of sp³-hybridized carbons (Fsp3) is 0.600. The van der Waals surface area contributed by atoms with Gasteiger partial charge in [-0.05, 0) is 62.5 Å². The van der Waals surface area contributed by atoms with E-state index < -0.39 is 0 Å².